The van der Waals surface area contributed by atoms with Crippen molar-refractivity contribution in [3.05, 3.63) is 64.8 Å². The summed E-state index contributed by atoms with van der Waals surface area (Å²) in [6, 6.07) is 11.0. The zero-order valence-corrected chi connectivity index (χ0v) is 19.6. The number of sulfonamides is 1. The molecule has 10 heteroatoms. The summed E-state index contributed by atoms with van der Waals surface area (Å²) in [6.07, 6.45) is -0.0142. The number of ether oxygens (including phenoxy) is 1. The molecule has 1 amide bonds. The van der Waals surface area contributed by atoms with Crippen LogP contribution in [0.25, 0.3) is 0 Å². The van der Waals surface area contributed by atoms with E-state index in [9.17, 15) is 18.0 Å². The Labute approximate surface area is 192 Å². The van der Waals surface area contributed by atoms with Crippen LogP contribution >= 0.6 is 0 Å². The molecular formula is C23H25N3O6S. The zero-order chi connectivity index (χ0) is 24.2. The lowest BCUT2D eigenvalue weighted by Gasteiger charge is -2.10. The van der Waals surface area contributed by atoms with E-state index in [0.29, 0.717) is 28.3 Å². The van der Waals surface area contributed by atoms with E-state index < -0.39 is 10.0 Å². The van der Waals surface area contributed by atoms with Crippen LogP contribution in [0.1, 0.15) is 40.0 Å². The van der Waals surface area contributed by atoms with Crippen molar-refractivity contribution in [2.24, 2.45) is 0 Å². The number of aromatic nitrogens is 1. The number of nitrogens with one attached hydrogen (secondary N) is 2. The van der Waals surface area contributed by atoms with E-state index >= 15 is 0 Å². The quantitative estimate of drug-likeness (QED) is 0.451. The lowest BCUT2D eigenvalue weighted by Crippen LogP contribution is -2.15. The van der Waals surface area contributed by atoms with Gasteiger partial charge in [-0.2, -0.15) is 0 Å². The third-order valence-corrected chi connectivity index (χ3v) is 6.41. The van der Waals surface area contributed by atoms with Gasteiger partial charge < -0.3 is 14.6 Å². The number of carbonyl (C=O) groups excluding carboxylic acids is 2. The molecule has 3 rings (SSSR count). The van der Waals surface area contributed by atoms with E-state index in [4.69, 9.17) is 9.26 Å². The van der Waals surface area contributed by atoms with E-state index in [-0.39, 0.29) is 35.3 Å². The summed E-state index contributed by atoms with van der Waals surface area (Å²) in [5, 5.41) is 6.39. The second-order valence-corrected chi connectivity index (χ2v) is 9.21. The van der Waals surface area contributed by atoms with Crippen LogP contribution in [-0.4, -0.2) is 32.4 Å². The Kier molecular flexibility index (Phi) is 7.17. The number of amides is 1. The molecule has 1 aromatic heterocycles. The van der Waals surface area contributed by atoms with Gasteiger partial charge in [-0.05, 0) is 57.2 Å². The molecule has 0 atom stereocenters. The average Bonchev–Trinajstić information content (AvgIpc) is 3.09. The number of methoxy groups -OCH3 is 1. The van der Waals surface area contributed by atoms with Crippen molar-refractivity contribution < 1.29 is 27.3 Å². The fourth-order valence-corrected chi connectivity index (χ4v) is 4.08. The average molecular weight is 472 g/mol. The van der Waals surface area contributed by atoms with Crippen LogP contribution in [0.15, 0.2) is 51.9 Å². The van der Waals surface area contributed by atoms with E-state index in [1.54, 1.807) is 26.0 Å². The summed E-state index contributed by atoms with van der Waals surface area (Å²) >= 11 is 0. The minimum absolute atomic E-state index is 0.00401. The summed E-state index contributed by atoms with van der Waals surface area (Å²) in [6.45, 7) is 5.27. The number of Topliss-reactive ketones (excluding diaryl/α,β-unsaturated/α-hetero) is 1. The van der Waals surface area contributed by atoms with Crippen LogP contribution in [0.3, 0.4) is 0 Å². The van der Waals surface area contributed by atoms with Gasteiger partial charge in [0.1, 0.15) is 5.75 Å². The van der Waals surface area contributed by atoms with Crippen molar-refractivity contribution in [1.29, 1.82) is 0 Å². The van der Waals surface area contributed by atoms with Crippen molar-refractivity contribution in [2.45, 2.75) is 38.5 Å². The highest BCUT2D eigenvalue weighted by atomic mass is 32.2. The van der Waals surface area contributed by atoms with Crippen LogP contribution in [0.2, 0.25) is 0 Å². The minimum Gasteiger partial charge on any atom is -0.496 e. The minimum atomic E-state index is -3.88. The molecule has 0 fully saturated rings. The van der Waals surface area contributed by atoms with Gasteiger partial charge >= 0.3 is 0 Å². The number of carbonyl (C=O) groups is 2. The second-order valence-electron chi connectivity index (χ2n) is 7.53. The summed E-state index contributed by atoms with van der Waals surface area (Å²) in [4.78, 5) is 24.8. The third-order valence-electron chi connectivity index (χ3n) is 5.07. The molecule has 0 aliphatic carbocycles. The highest BCUT2D eigenvalue weighted by Crippen LogP contribution is 2.24. The number of aryl methyl sites for hydroxylation is 2. The number of anilines is 2. The second kappa shape index (κ2) is 9.86. The maximum absolute atomic E-state index is 12.6. The normalized spacial score (nSPS) is 11.2. The van der Waals surface area contributed by atoms with Crippen molar-refractivity contribution >= 4 is 33.3 Å². The lowest BCUT2D eigenvalue weighted by molar-refractivity contribution is -0.116. The Morgan fingerprint density at radius 1 is 1.03 bits per heavy atom. The zero-order valence-electron chi connectivity index (χ0n) is 18.8. The van der Waals surface area contributed by atoms with Gasteiger partial charge in [0.2, 0.25) is 11.8 Å². The van der Waals surface area contributed by atoms with Gasteiger partial charge in [-0.3, -0.25) is 9.59 Å². The number of ketones is 1. The Hall–Kier alpha value is -3.66. The Balaban J connectivity index is 1.59. The van der Waals surface area contributed by atoms with Crippen LogP contribution in [0, 0.1) is 20.8 Å². The van der Waals surface area contributed by atoms with Gasteiger partial charge in [-0.25, -0.2) is 13.1 Å². The number of hydrogen-bond donors (Lipinski definition) is 2. The first-order valence-corrected chi connectivity index (χ1v) is 11.6. The molecule has 0 aliphatic heterocycles. The summed E-state index contributed by atoms with van der Waals surface area (Å²) in [7, 11) is -2.40. The molecule has 3 aromatic rings. The van der Waals surface area contributed by atoms with Gasteiger partial charge in [0.05, 0.1) is 23.3 Å². The highest BCUT2D eigenvalue weighted by Gasteiger charge is 2.19. The standard InChI is InChI=1S/C23H25N3O6S/c1-14-5-11-21(31-4)19(13-14)20(27)10-12-22(28)24-17-6-8-18(9-7-17)33(29,30)26-23-15(2)16(3)25-32-23/h5-9,11,13,26H,10,12H2,1-4H3,(H,24,28). The van der Waals surface area contributed by atoms with E-state index in [1.165, 1.54) is 31.4 Å². The van der Waals surface area contributed by atoms with Crippen LogP contribution in [-0.2, 0) is 14.8 Å². The van der Waals surface area contributed by atoms with E-state index in [1.807, 2.05) is 13.0 Å². The van der Waals surface area contributed by atoms with Gasteiger partial charge in [0.15, 0.2) is 5.78 Å². The Morgan fingerprint density at radius 2 is 1.73 bits per heavy atom. The molecule has 2 N–H and O–H groups in total. The van der Waals surface area contributed by atoms with Gasteiger partial charge in [0.25, 0.3) is 10.0 Å². The third kappa shape index (κ3) is 5.78. The van der Waals surface area contributed by atoms with Crippen molar-refractivity contribution in [2.75, 3.05) is 17.1 Å². The van der Waals surface area contributed by atoms with Gasteiger partial charge in [0, 0.05) is 24.1 Å². The van der Waals surface area contributed by atoms with E-state index in [0.717, 1.165) is 5.56 Å². The summed E-state index contributed by atoms with van der Waals surface area (Å²) < 4.78 is 37.7. The molecule has 0 radical (unpaired) electrons. The molecule has 9 nitrogen and oxygen atoms in total. The molecule has 0 saturated carbocycles. The Bertz CT molecular complexity index is 1280. The highest BCUT2D eigenvalue weighted by molar-refractivity contribution is 7.92. The van der Waals surface area contributed by atoms with Crippen molar-refractivity contribution in [1.82, 2.24) is 5.16 Å². The molecule has 0 aliphatic rings. The SMILES string of the molecule is COc1ccc(C)cc1C(=O)CCC(=O)Nc1ccc(S(=O)(=O)Nc2onc(C)c2C)cc1. The van der Waals surface area contributed by atoms with Crippen LogP contribution in [0.4, 0.5) is 11.6 Å². The van der Waals surface area contributed by atoms with Crippen molar-refractivity contribution in [3.63, 3.8) is 0 Å². The fraction of sp³-hybridized carbons (Fsp3) is 0.261. The molecule has 2 aromatic carbocycles. The predicted octanol–water partition coefficient (Wildman–Crippen LogP) is 4.01. The molecule has 0 bridgehead atoms. The van der Waals surface area contributed by atoms with E-state index in [2.05, 4.69) is 15.2 Å². The molecule has 0 unspecified atom stereocenters. The smallest absolute Gasteiger partial charge is 0.264 e. The topological polar surface area (TPSA) is 128 Å². The maximum atomic E-state index is 12.6. The number of rotatable bonds is 9. The molecular weight excluding hydrogens is 446 g/mol. The summed E-state index contributed by atoms with van der Waals surface area (Å²) in [5.41, 5.74) is 2.95. The first-order valence-electron chi connectivity index (χ1n) is 10.1. The molecule has 1 heterocycles. The largest absolute Gasteiger partial charge is 0.496 e. The van der Waals surface area contributed by atoms with Crippen LogP contribution < -0.4 is 14.8 Å². The fourth-order valence-electron chi connectivity index (χ4n) is 3.03. The number of hydrogen-bond acceptors (Lipinski definition) is 7. The predicted molar refractivity (Wildman–Crippen MR) is 123 cm³/mol. The molecule has 33 heavy (non-hydrogen) atoms. The lowest BCUT2D eigenvalue weighted by atomic mass is 10.0. The monoisotopic (exact) mass is 471 g/mol. The van der Waals surface area contributed by atoms with Gasteiger partial charge in [-0.15, -0.1) is 0 Å². The number of benzene rings is 2. The first kappa shape index (κ1) is 24.0. The molecule has 0 spiro atoms. The maximum Gasteiger partial charge on any atom is 0.264 e. The van der Waals surface area contributed by atoms with Gasteiger partial charge in [-0.1, -0.05) is 16.8 Å². The molecule has 0 saturated heterocycles. The number of nitrogens with zero attached hydrogens (tertiary/aromatic N) is 1. The molecule has 174 valence electrons. The summed E-state index contributed by atoms with van der Waals surface area (Å²) in [5.74, 6) is -0.0421. The van der Waals surface area contributed by atoms with Crippen molar-refractivity contribution in [3.8, 4) is 5.75 Å². The van der Waals surface area contributed by atoms with Crippen LogP contribution in [0.5, 0.6) is 5.75 Å². The Morgan fingerprint density at radius 3 is 2.33 bits per heavy atom. The first-order chi connectivity index (χ1) is 15.6.